The molecule has 0 saturated heterocycles. The summed E-state index contributed by atoms with van der Waals surface area (Å²) in [5.74, 6) is -1.06. The van der Waals surface area contributed by atoms with Gasteiger partial charge >= 0.3 is 0 Å². The van der Waals surface area contributed by atoms with E-state index in [1.807, 2.05) is 72.8 Å². The van der Waals surface area contributed by atoms with Crippen molar-refractivity contribution >= 4 is 112 Å². The molecule has 0 aromatic heterocycles. The molecule has 7 aromatic carbocycles. The molecule has 0 saturated carbocycles. The predicted molar refractivity (Wildman–Crippen MR) is 191 cm³/mol. The second kappa shape index (κ2) is 10.5. The third-order valence-corrected chi connectivity index (χ3v) is 8.50. The molecule has 0 fully saturated rings. The van der Waals surface area contributed by atoms with E-state index in [1.54, 1.807) is 0 Å². The van der Waals surface area contributed by atoms with Gasteiger partial charge < -0.3 is 10.2 Å². The van der Waals surface area contributed by atoms with Crippen LogP contribution in [0.25, 0.3) is 65.7 Å². The van der Waals surface area contributed by atoms with Gasteiger partial charge in [-0.25, -0.2) is 0 Å². The number of benzene rings is 7. The Balaban J connectivity index is 1.73. The monoisotopic (exact) mass is 548 g/mol. The van der Waals surface area contributed by atoms with E-state index >= 15 is 0 Å². The summed E-state index contributed by atoms with van der Waals surface area (Å²) in [6.07, 6.45) is 0. The molecule has 12 radical (unpaired) electrons. The molecule has 44 heavy (non-hydrogen) atoms. The van der Waals surface area contributed by atoms with Crippen LogP contribution in [0.1, 0.15) is 0 Å². The van der Waals surface area contributed by atoms with Gasteiger partial charge in [0.05, 0.1) is 0 Å². The molecule has 0 atom stereocenters. The van der Waals surface area contributed by atoms with Crippen LogP contribution in [0.4, 0.5) is 0 Å². The van der Waals surface area contributed by atoms with Crippen molar-refractivity contribution in [3.63, 3.8) is 0 Å². The molecule has 0 bridgehead atoms. The standard InChI is InChI=1S/C36H18B6O2/c37-29-25-23(18-9-2-1-3-10-18)27-28(32(40)36(44)35(43)31(27)39)24(26(25)30(38)34(42)33(29)41)20-13-6-12-19(16-20)22-15-7-11-17-8-4-5-14-21(17)22/h1-16,43-44H. The maximum absolute atomic E-state index is 11.0. The van der Waals surface area contributed by atoms with Crippen molar-refractivity contribution in [2.45, 2.75) is 0 Å². The van der Waals surface area contributed by atoms with Gasteiger partial charge in [-0.3, -0.25) is 0 Å². The zero-order valence-corrected chi connectivity index (χ0v) is 23.6. The van der Waals surface area contributed by atoms with Crippen LogP contribution in [0.5, 0.6) is 11.5 Å². The van der Waals surface area contributed by atoms with Crippen LogP contribution in [-0.4, -0.2) is 57.3 Å². The summed E-state index contributed by atoms with van der Waals surface area (Å²) in [7, 11) is 39.7. The average molecular weight is 547 g/mol. The summed E-state index contributed by atoms with van der Waals surface area (Å²) in [5.41, 5.74) is 5.09. The number of fused-ring (bicyclic) bond motifs is 3. The summed E-state index contributed by atoms with van der Waals surface area (Å²) in [6.45, 7) is 0. The lowest BCUT2D eigenvalue weighted by Crippen LogP contribution is -2.48. The fraction of sp³-hybridized carbons (Fsp3) is 0. The number of aromatic hydroxyl groups is 2. The summed E-state index contributed by atoms with van der Waals surface area (Å²) in [5, 5.41) is 26.0. The first-order chi connectivity index (χ1) is 21.2. The molecule has 8 heteroatoms. The van der Waals surface area contributed by atoms with Gasteiger partial charge in [-0.1, -0.05) is 102 Å². The van der Waals surface area contributed by atoms with Crippen molar-refractivity contribution in [1.82, 2.24) is 0 Å². The minimum absolute atomic E-state index is 0.0627. The fourth-order valence-electron chi connectivity index (χ4n) is 6.38. The Labute approximate surface area is 263 Å². The summed E-state index contributed by atoms with van der Waals surface area (Å²) in [6, 6.07) is 31.6. The second-order valence-electron chi connectivity index (χ2n) is 10.9. The molecule has 0 aliphatic rings. The largest absolute Gasteiger partial charge is 0.505 e. The van der Waals surface area contributed by atoms with E-state index in [-0.39, 0.29) is 32.8 Å². The average Bonchev–Trinajstić information content (AvgIpc) is 3.06. The predicted octanol–water partition coefficient (Wildman–Crippen LogP) is 2.32. The Bertz CT molecular complexity index is 2230. The molecule has 2 nitrogen and oxygen atoms in total. The van der Waals surface area contributed by atoms with E-state index in [1.165, 1.54) is 0 Å². The first kappa shape index (κ1) is 28.1. The van der Waals surface area contributed by atoms with Gasteiger partial charge in [-0.2, -0.15) is 0 Å². The molecule has 7 aromatic rings. The van der Waals surface area contributed by atoms with Gasteiger partial charge in [0.25, 0.3) is 0 Å². The molecule has 7 rings (SSSR count). The molecule has 0 heterocycles. The van der Waals surface area contributed by atoms with E-state index in [9.17, 15) is 10.2 Å². The molecular weight excluding hydrogens is 529 g/mol. The molecule has 0 aliphatic heterocycles. The van der Waals surface area contributed by atoms with Gasteiger partial charge in [0.2, 0.25) is 0 Å². The molecule has 0 aliphatic carbocycles. The topological polar surface area (TPSA) is 40.5 Å². The Morgan fingerprint density at radius 3 is 1.48 bits per heavy atom. The normalized spacial score (nSPS) is 11.5. The first-order valence-electron chi connectivity index (χ1n) is 14.0. The zero-order valence-electron chi connectivity index (χ0n) is 23.6. The molecule has 0 spiro atoms. The van der Waals surface area contributed by atoms with Crippen LogP contribution in [-0.2, 0) is 0 Å². The van der Waals surface area contributed by atoms with E-state index in [2.05, 4.69) is 24.3 Å². The van der Waals surface area contributed by atoms with Crippen molar-refractivity contribution in [2.24, 2.45) is 0 Å². The van der Waals surface area contributed by atoms with Gasteiger partial charge in [-0.05, 0) is 82.7 Å². The van der Waals surface area contributed by atoms with Crippen LogP contribution >= 0.6 is 0 Å². The second-order valence-corrected chi connectivity index (χ2v) is 10.9. The first-order valence-corrected chi connectivity index (χ1v) is 14.0. The SMILES string of the molecule is [B]c1c([B])c([B])c2c(-c3cccc(-c4cccc5ccccc45)c3)c3c([B])c(O)c(O)c([B])c3c(-c3ccccc3)c2c1[B]. The van der Waals surface area contributed by atoms with Gasteiger partial charge in [-0.15, -0.1) is 10.9 Å². The van der Waals surface area contributed by atoms with Crippen molar-refractivity contribution < 1.29 is 10.2 Å². The molecule has 2 N–H and O–H groups in total. The molecule has 0 amide bonds. The number of rotatable bonds is 3. The highest BCUT2D eigenvalue weighted by atomic mass is 16.3. The zero-order chi connectivity index (χ0) is 30.9. The van der Waals surface area contributed by atoms with Crippen molar-refractivity contribution in [1.29, 1.82) is 0 Å². The lowest BCUT2D eigenvalue weighted by molar-refractivity contribution is 0.410. The Morgan fingerprint density at radius 2 is 0.841 bits per heavy atom. The Kier molecular flexibility index (Phi) is 6.70. The van der Waals surface area contributed by atoms with Crippen LogP contribution in [0, 0.1) is 0 Å². The van der Waals surface area contributed by atoms with Crippen molar-refractivity contribution in [3.05, 3.63) is 97.1 Å². The quantitative estimate of drug-likeness (QED) is 0.203. The highest BCUT2D eigenvalue weighted by Gasteiger charge is 2.26. The van der Waals surface area contributed by atoms with Gasteiger partial charge in [0.15, 0.2) is 0 Å². The molecule has 192 valence electrons. The minimum atomic E-state index is -0.533. The van der Waals surface area contributed by atoms with Crippen LogP contribution < -0.4 is 32.8 Å². The lowest BCUT2D eigenvalue weighted by atomic mass is 9.61. The summed E-state index contributed by atoms with van der Waals surface area (Å²) >= 11 is 0. The fourth-order valence-corrected chi connectivity index (χ4v) is 6.38. The lowest BCUT2D eigenvalue weighted by Gasteiger charge is -2.27. The maximum atomic E-state index is 11.0. The van der Waals surface area contributed by atoms with Gasteiger partial charge in [0.1, 0.15) is 58.6 Å². The van der Waals surface area contributed by atoms with Crippen molar-refractivity contribution in [2.75, 3.05) is 0 Å². The summed E-state index contributed by atoms with van der Waals surface area (Å²) < 4.78 is 0. The maximum Gasteiger partial charge on any atom is 0.150 e. The minimum Gasteiger partial charge on any atom is -0.505 e. The number of phenolic OH excluding ortho intramolecular Hbond substituents is 2. The Hall–Kier alpha value is -4.69. The van der Waals surface area contributed by atoms with Crippen LogP contribution in [0.15, 0.2) is 97.1 Å². The van der Waals surface area contributed by atoms with Crippen LogP contribution in [0.3, 0.4) is 0 Å². The third kappa shape index (κ3) is 4.04. The highest BCUT2D eigenvalue weighted by molar-refractivity contribution is 6.68. The Morgan fingerprint density at radius 1 is 0.386 bits per heavy atom. The number of hydrogen-bond donors (Lipinski definition) is 2. The summed E-state index contributed by atoms with van der Waals surface area (Å²) in [4.78, 5) is 0. The van der Waals surface area contributed by atoms with E-state index in [0.717, 1.165) is 33.0 Å². The van der Waals surface area contributed by atoms with Crippen molar-refractivity contribution in [3.8, 4) is 44.9 Å². The molecular formula is C36H18B6O2. The van der Waals surface area contributed by atoms with E-state index in [4.69, 9.17) is 47.1 Å². The highest BCUT2D eigenvalue weighted by Crippen LogP contribution is 2.44. The number of phenols is 2. The molecule has 0 unspecified atom stereocenters. The van der Waals surface area contributed by atoms with E-state index in [0.29, 0.717) is 32.7 Å². The third-order valence-electron chi connectivity index (χ3n) is 8.50. The van der Waals surface area contributed by atoms with Crippen LogP contribution in [0.2, 0.25) is 0 Å². The van der Waals surface area contributed by atoms with E-state index < -0.39 is 11.5 Å². The smallest absolute Gasteiger partial charge is 0.150 e. The number of hydrogen-bond acceptors (Lipinski definition) is 2. The van der Waals surface area contributed by atoms with Gasteiger partial charge in [0, 0.05) is 0 Å².